The molecule has 0 heterocycles. The summed E-state index contributed by atoms with van der Waals surface area (Å²) in [5, 5.41) is 17.1. The topological polar surface area (TPSA) is 154 Å². The van der Waals surface area contributed by atoms with Gasteiger partial charge in [-0.25, -0.2) is 21.4 Å². The molecule has 0 bridgehead atoms. The van der Waals surface area contributed by atoms with Crippen LogP contribution >= 0.6 is 0 Å². The summed E-state index contributed by atoms with van der Waals surface area (Å²) in [6, 6.07) is 1.03. The first-order valence-electron chi connectivity index (χ1n) is 7.48. The van der Waals surface area contributed by atoms with Gasteiger partial charge in [-0.3, -0.25) is 8.42 Å². The predicted molar refractivity (Wildman–Crippen MR) is 71.6 cm³/mol. The second-order valence-corrected chi connectivity index (χ2v) is 6.32. The first-order valence-corrected chi connectivity index (χ1v) is 8.82. The minimum absolute atomic E-state index is 0.517. The van der Waals surface area contributed by atoms with Gasteiger partial charge in [0.1, 0.15) is 12.1 Å². The van der Waals surface area contributed by atoms with E-state index in [1.165, 1.54) is 75.2 Å². The lowest BCUT2D eigenvalue weighted by atomic mass is 9.96. The van der Waals surface area contributed by atoms with Crippen LogP contribution in [0.25, 0.3) is 0 Å². The van der Waals surface area contributed by atoms with E-state index >= 15 is 0 Å². The van der Waals surface area contributed by atoms with Crippen LogP contribution in [0.15, 0.2) is 0 Å². The summed E-state index contributed by atoms with van der Waals surface area (Å²) in [6.07, 6.45) is 12.8. The van der Waals surface area contributed by atoms with Crippen molar-refractivity contribution in [3.05, 3.63) is 0 Å². The molecule has 0 aromatic heterocycles. The highest BCUT2D eigenvalue weighted by Crippen LogP contribution is 2.14. The monoisotopic (exact) mass is 328 g/mol. The lowest BCUT2D eigenvalue weighted by Crippen LogP contribution is -2.87. The molecule has 0 aromatic carbocycles. The number of hydrogen-bond acceptors (Lipinski definition) is 6. The summed E-state index contributed by atoms with van der Waals surface area (Å²) in [7, 11) is -5.17. The average Bonchev–Trinajstić information content (AvgIpc) is 2.48. The Hall–Kier alpha value is -0.290. The van der Waals surface area contributed by atoms with E-state index in [1.54, 1.807) is 0 Å². The van der Waals surface area contributed by atoms with Crippen molar-refractivity contribution in [1.29, 1.82) is 0 Å². The lowest BCUT2D eigenvalue weighted by Gasteiger charge is -2.15. The standard InChI is InChI=1S/2C6H13NO.H2O4S/c2*8-7-6-4-2-1-3-5-6;1-5(2,3)4/h2*6-8H,1-5H2;(H2,1,2,3,4). The van der Waals surface area contributed by atoms with Crippen LogP contribution in [-0.4, -0.2) is 40.0 Å². The fourth-order valence-electron chi connectivity index (χ4n) is 2.57. The molecule has 0 unspecified atom stereocenters. The molecule has 0 aromatic rings. The molecular formula is C12H28N2O6S. The van der Waals surface area contributed by atoms with Gasteiger partial charge < -0.3 is 9.11 Å². The van der Waals surface area contributed by atoms with Crippen LogP contribution in [0.4, 0.5) is 0 Å². The van der Waals surface area contributed by atoms with Crippen molar-refractivity contribution in [2.45, 2.75) is 76.3 Å². The van der Waals surface area contributed by atoms with E-state index in [1.807, 2.05) is 0 Å². The molecule has 0 saturated heterocycles. The molecule has 2 rings (SSSR count). The van der Waals surface area contributed by atoms with Crippen LogP contribution in [0.1, 0.15) is 64.2 Å². The lowest BCUT2D eigenvalue weighted by molar-refractivity contribution is -0.911. The zero-order valence-electron chi connectivity index (χ0n) is 12.3. The summed E-state index contributed by atoms with van der Waals surface area (Å²) >= 11 is 0. The molecule has 2 saturated carbocycles. The molecule has 0 amide bonds. The van der Waals surface area contributed by atoms with Gasteiger partial charge in [-0.1, -0.05) is 12.8 Å². The maximum absolute atomic E-state index is 8.57. The van der Waals surface area contributed by atoms with E-state index in [4.69, 9.17) is 27.9 Å². The largest absolute Gasteiger partial charge is 0.759 e. The molecule has 0 atom stereocenters. The first-order chi connectivity index (χ1) is 9.86. The highest BCUT2D eigenvalue weighted by molar-refractivity contribution is 7.79. The van der Waals surface area contributed by atoms with Gasteiger partial charge in [0, 0.05) is 36.1 Å². The van der Waals surface area contributed by atoms with Crippen molar-refractivity contribution in [3.63, 3.8) is 0 Å². The van der Waals surface area contributed by atoms with Crippen LogP contribution in [0.5, 0.6) is 0 Å². The zero-order chi connectivity index (χ0) is 16.1. The normalized spacial score (nSPS) is 20.8. The molecule has 0 aliphatic heterocycles. The fourth-order valence-corrected chi connectivity index (χ4v) is 2.57. The smallest absolute Gasteiger partial charge is 0.115 e. The van der Waals surface area contributed by atoms with Gasteiger partial charge in [0.2, 0.25) is 0 Å². The van der Waals surface area contributed by atoms with Gasteiger partial charge in [-0.05, 0) is 25.7 Å². The molecule has 21 heavy (non-hydrogen) atoms. The highest BCUT2D eigenvalue weighted by Gasteiger charge is 2.14. The number of rotatable bonds is 2. The van der Waals surface area contributed by atoms with Crippen LogP contribution in [0.2, 0.25) is 0 Å². The van der Waals surface area contributed by atoms with Gasteiger partial charge in [0.25, 0.3) is 0 Å². The Kier molecular flexibility index (Phi) is 12.1. The van der Waals surface area contributed by atoms with Crippen LogP contribution < -0.4 is 11.0 Å². The number of nitrogens with two attached hydrogens (primary N) is 2. The molecule has 9 heteroatoms. The van der Waals surface area contributed by atoms with E-state index in [9.17, 15) is 0 Å². The molecule has 8 nitrogen and oxygen atoms in total. The summed E-state index contributed by atoms with van der Waals surface area (Å²) in [6.45, 7) is 0. The van der Waals surface area contributed by atoms with Crippen molar-refractivity contribution in [2.75, 3.05) is 0 Å². The number of hydrogen-bond donors (Lipinski definition) is 4. The second-order valence-electron chi connectivity index (χ2n) is 5.50. The molecule has 2 aliphatic carbocycles. The predicted octanol–water partition coefficient (Wildman–Crippen LogP) is -0.795. The van der Waals surface area contributed by atoms with E-state index < -0.39 is 10.4 Å². The van der Waals surface area contributed by atoms with E-state index in [0.717, 1.165) is 0 Å². The minimum Gasteiger partial charge on any atom is -0.759 e. The second kappa shape index (κ2) is 12.3. The van der Waals surface area contributed by atoms with Crippen LogP contribution in [-0.2, 0) is 10.4 Å². The Bertz CT molecular complexity index is 301. The Morgan fingerprint density at radius 2 is 0.952 bits per heavy atom. The first kappa shape index (κ1) is 20.7. The Balaban J connectivity index is 0.000000296. The van der Waals surface area contributed by atoms with Crippen LogP contribution in [0, 0.1) is 0 Å². The van der Waals surface area contributed by atoms with Crippen molar-refractivity contribution >= 4 is 10.4 Å². The van der Waals surface area contributed by atoms with E-state index in [-0.39, 0.29) is 0 Å². The Morgan fingerprint density at radius 3 is 1.10 bits per heavy atom. The minimum atomic E-state index is -5.17. The van der Waals surface area contributed by atoms with Gasteiger partial charge in [0.05, 0.1) is 0 Å². The third-order valence-corrected chi connectivity index (χ3v) is 3.72. The average molecular weight is 328 g/mol. The summed E-state index contributed by atoms with van der Waals surface area (Å²) in [5.74, 6) is 0. The summed E-state index contributed by atoms with van der Waals surface area (Å²) < 4.78 is 34.1. The van der Waals surface area contributed by atoms with Gasteiger partial charge in [-0.2, -0.15) is 0 Å². The zero-order valence-corrected chi connectivity index (χ0v) is 13.1. The number of quaternary nitrogens is 2. The maximum atomic E-state index is 8.57. The van der Waals surface area contributed by atoms with Crippen molar-refractivity contribution in [1.82, 2.24) is 0 Å². The number of hydroxylamine groups is 2. The Labute approximate surface area is 126 Å². The van der Waals surface area contributed by atoms with Crippen molar-refractivity contribution in [2.24, 2.45) is 0 Å². The van der Waals surface area contributed by atoms with E-state index in [2.05, 4.69) is 0 Å². The maximum Gasteiger partial charge on any atom is 0.115 e. The van der Waals surface area contributed by atoms with Crippen LogP contribution in [0.3, 0.4) is 0 Å². The van der Waals surface area contributed by atoms with Gasteiger partial charge >= 0.3 is 0 Å². The van der Waals surface area contributed by atoms with E-state index in [0.29, 0.717) is 12.1 Å². The molecule has 2 aliphatic rings. The summed E-state index contributed by atoms with van der Waals surface area (Å²) in [5.41, 5.74) is 2.72. The Morgan fingerprint density at radius 1 is 0.714 bits per heavy atom. The van der Waals surface area contributed by atoms with Crippen molar-refractivity contribution in [3.8, 4) is 0 Å². The highest BCUT2D eigenvalue weighted by atomic mass is 32.3. The molecule has 0 spiro atoms. The van der Waals surface area contributed by atoms with Gasteiger partial charge in [0.15, 0.2) is 0 Å². The molecule has 0 radical (unpaired) electrons. The molecule has 2 fully saturated rings. The summed E-state index contributed by atoms with van der Waals surface area (Å²) in [4.78, 5) is 0. The molecular weight excluding hydrogens is 300 g/mol. The van der Waals surface area contributed by atoms with Crippen molar-refractivity contribution < 1.29 is 38.9 Å². The molecule has 128 valence electrons. The SMILES string of the molecule is O=S(=O)([O-])[O-].O[NH2+]C1CCCCC1.O[NH2+]C1CCCCC1. The quantitative estimate of drug-likeness (QED) is 0.296. The van der Waals surface area contributed by atoms with Gasteiger partial charge in [-0.15, -0.1) is 0 Å². The third-order valence-electron chi connectivity index (χ3n) is 3.72. The molecule has 6 N–H and O–H groups in total. The fraction of sp³-hybridized carbons (Fsp3) is 1.00. The third kappa shape index (κ3) is 15.9.